The average Bonchev–Trinajstić information content (AvgIpc) is 2.11. The summed E-state index contributed by atoms with van der Waals surface area (Å²) >= 11 is 0. The lowest BCUT2D eigenvalue weighted by molar-refractivity contribution is -0.713. The molecule has 0 atom stereocenters. The van der Waals surface area contributed by atoms with Crippen molar-refractivity contribution < 1.29 is 4.68 Å². The Balaban J connectivity index is 3.15. The SMILES string of the molecule is C[n+]1[nH]cc(C(C)(C)C)c1N. The zero-order chi connectivity index (χ0) is 8.65. The van der Waals surface area contributed by atoms with E-state index in [0.717, 1.165) is 5.82 Å². The largest absolute Gasteiger partial charge is 0.296 e. The molecule has 0 bridgehead atoms. The molecule has 0 saturated carbocycles. The van der Waals surface area contributed by atoms with Crippen LogP contribution in [0.1, 0.15) is 26.3 Å². The molecule has 11 heavy (non-hydrogen) atoms. The number of anilines is 1. The number of rotatable bonds is 0. The third-order valence-corrected chi connectivity index (χ3v) is 1.85. The fourth-order valence-electron chi connectivity index (χ4n) is 1.09. The van der Waals surface area contributed by atoms with Gasteiger partial charge in [-0.25, -0.2) is 5.10 Å². The fraction of sp³-hybridized carbons (Fsp3) is 0.625. The second-order valence-electron chi connectivity index (χ2n) is 3.88. The van der Waals surface area contributed by atoms with Crippen molar-refractivity contribution in [3.63, 3.8) is 0 Å². The van der Waals surface area contributed by atoms with Crippen molar-refractivity contribution in [3.05, 3.63) is 11.8 Å². The Kier molecular flexibility index (Phi) is 1.66. The van der Waals surface area contributed by atoms with Gasteiger partial charge in [0.2, 0.25) is 0 Å². The lowest BCUT2D eigenvalue weighted by Gasteiger charge is -2.14. The van der Waals surface area contributed by atoms with Crippen LogP contribution < -0.4 is 10.4 Å². The summed E-state index contributed by atoms with van der Waals surface area (Å²) < 4.78 is 1.82. The first-order chi connectivity index (χ1) is 4.93. The van der Waals surface area contributed by atoms with Gasteiger partial charge in [0.15, 0.2) is 0 Å². The summed E-state index contributed by atoms with van der Waals surface area (Å²) in [5.41, 5.74) is 7.11. The van der Waals surface area contributed by atoms with E-state index >= 15 is 0 Å². The molecule has 1 aromatic rings. The van der Waals surface area contributed by atoms with E-state index in [9.17, 15) is 0 Å². The number of nitrogens with one attached hydrogen (secondary N) is 1. The number of aromatic amines is 1. The molecular weight excluding hydrogens is 138 g/mol. The van der Waals surface area contributed by atoms with Crippen LogP contribution in [-0.2, 0) is 12.5 Å². The maximum absolute atomic E-state index is 5.82. The van der Waals surface area contributed by atoms with E-state index in [1.165, 1.54) is 5.56 Å². The number of nitrogen functional groups attached to an aromatic ring is 1. The second kappa shape index (κ2) is 2.26. The van der Waals surface area contributed by atoms with Crippen LogP contribution in [0.15, 0.2) is 6.20 Å². The van der Waals surface area contributed by atoms with Gasteiger partial charge in [-0.3, -0.25) is 5.73 Å². The number of H-pyrrole nitrogens is 1. The zero-order valence-electron chi connectivity index (χ0n) is 7.60. The van der Waals surface area contributed by atoms with Crippen LogP contribution in [0.5, 0.6) is 0 Å². The van der Waals surface area contributed by atoms with Crippen molar-refractivity contribution >= 4 is 5.82 Å². The van der Waals surface area contributed by atoms with Crippen molar-refractivity contribution in [1.82, 2.24) is 5.10 Å². The summed E-state index contributed by atoms with van der Waals surface area (Å²) in [4.78, 5) is 0. The highest BCUT2D eigenvalue weighted by atomic mass is 15.3. The highest BCUT2D eigenvalue weighted by Gasteiger charge is 2.23. The monoisotopic (exact) mass is 154 g/mol. The summed E-state index contributed by atoms with van der Waals surface area (Å²) in [5, 5.41) is 3.04. The predicted octanol–water partition coefficient (Wildman–Crippen LogP) is 0.719. The first-order valence-electron chi connectivity index (χ1n) is 3.76. The predicted molar refractivity (Wildman–Crippen MR) is 45.1 cm³/mol. The van der Waals surface area contributed by atoms with Gasteiger partial charge in [-0.15, -0.1) is 0 Å². The molecule has 62 valence electrons. The number of nitrogens with zero attached hydrogens (tertiary/aromatic N) is 1. The summed E-state index contributed by atoms with van der Waals surface area (Å²) in [6, 6.07) is 0. The van der Waals surface area contributed by atoms with Crippen LogP contribution in [0.3, 0.4) is 0 Å². The summed E-state index contributed by atoms with van der Waals surface area (Å²) in [6.45, 7) is 6.44. The van der Waals surface area contributed by atoms with Crippen molar-refractivity contribution in [2.75, 3.05) is 5.73 Å². The molecule has 0 amide bonds. The van der Waals surface area contributed by atoms with Crippen LogP contribution in [0.2, 0.25) is 0 Å². The van der Waals surface area contributed by atoms with Gasteiger partial charge in [-0.05, 0) is 5.41 Å². The number of aryl methyl sites for hydroxylation is 1. The molecule has 0 spiro atoms. The van der Waals surface area contributed by atoms with Gasteiger partial charge in [0.1, 0.15) is 7.05 Å². The van der Waals surface area contributed by atoms with Crippen LogP contribution in [-0.4, -0.2) is 5.10 Å². The molecule has 0 aliphatic heterocycles. The number of hydrogen-bond acceptors (Lipinski definition) is 1. The molecule has 0 saturated heterocycles. The Bertz CT molecular complexity index is 255. The Morgan fingerprint density at radius 3 is 2.18 bits per heavy atom. The Morgan fingerprint density at radius 1 is 1.45 bits per heavy atom. The van der Waals surface area contributed by atoms with E-state index in [4.69, 9.17) is 5.73 Å². The summed E-state index contributed by atoms with van der Waals surface area (Å²) in [7, 11) is 1.91. The molecule has 0 fully saturated rings. The second-order valence-corrected chi connectivity index (χ2v) is 3.88. The first kappa shape index (κ1) is 8.11. The molecule has 3 N–H and O–H groups in total. The Labute approximate surface area is 67.2 Å². The highest BCUT2D eigenvalue weighted by Crippen LogP contribution is 2.24. The molecule has 0 radical (unpaired) electrons. The highest BCUT2D eigenvalue weighted by molar-refractivity contribution is 5.37. The number of nitrogens with two attached hydrogens (primary N) is 1. The van der Waals surface area contributed by atoms with Crippen molar-refractivity contribution in [3.8, 4) is 0 Å². The Hall–Kier alpha value is -0.990. The molecule has 3 heteroatoms. The van der Waals surface area contributed by atoms with Crippen LogP contribution >= 0.6 is 0 Å². The van der Waals surface area contributed by atoms with Crippen molar-refractivity contribution in [2.24, 2.45) is 7.05 Å². The molecule has 0 aromatic carbocycles. The fourth-order valence-corrected chi connectivity index (χ4v) is 1.09. The van der Waals surface area contributed by atoms with Crippen LogP contribution in [0.25, 0.3) is 0 Å². The summed E-state index contributed by atoms with van der Waals surface area (Å²) in [5.74, 6) is 0.817. The zero-order valence-corrected chi connectivity index (χ0v) is 7.60. The molecule has 0 unspecified atom stereocenters. The van der Waals surface area contributed by atoms with Crippen LogP contribution in [0.4, 0.5) is 5.82 Å². The van der Waals surface area contributed by atoms with E-state index in [0.29, 0.717) is 0 Å². The molecule has 0 aliphatic rings. The van der Waals surface area contributed by atoms with Gasteiger partial charge in [-0.1, -0.05) is 20.8 Å². The van der Waals surface area contributed by atoms with Gasteiger partial charge < -0.3 is 0 Å². The summed E-state index contributed by atoms with van der Waals surface area (Å²) in [6.07, 6.45) is 1.95. The Morgan fingerprint density at radius 2 is 2.00 bits per heavy atom. The van der Waals surface area contributed by atoms with E-state index in [-0.39, 0.29) is 5.41 Å². The van der Waals surface area contributed by atoms with E-state index < -0.39 is 0 Å². The van der Waals surface area contributed by atoms with Crippen molar-refractivity contribution in [1.29, 1.82) is 0 Å². The van der Waals surface area contributed by atoms with Gasteiger partial charge in [0.25, 0.3) is 5.82 Å². The number of aromatic nitrogens is 2. The van der Waals surface area contributed by atoms with Gasteiger partial charge >= 0.3 is 0 Å². The van der Waals surface area contributed by atoms with Crippen LogP contribution in [0, 0.1) is 0 Å². The minimum Gasteiger partial charge on any atom is -0.285 e. The van der Waals surface area contributed by atoms with E-state index in [2.05, 4.69) is 25.9 Å². The minimum absolute atomic E-state index is 0.127. The smallest absolute Gasteiger partial charge is 0.285 e. The number of hydrogen-bond donors (Lipinski definition) is 2. The minimum atomic E-state index is 0.127. The van der Waals surface area contributed by atoms with E-state index in [1.807, 2.05) is 17.9 Å². The van der Waals surface area contributed by atoms with Gasteiger partial charge in [0, 0.05) is 0 Å². The van der Waals surface area contributed by atoms with E-state index in [1.54, 1.807) is 0 Å². The molecule has 1 heterocycles. The maximum Gasteiger partial charge on any atom is 0.296 e. The third kappa shape index (κ3) is 1.37. The lowest BCUT2D eigenvalue weighted by Crippen LogP contribution is -2.33. The molecule has 0 aliphatic carbocycles. The molecule has 1 aromatic heterocycles. The van der Waals surface area contributed by atoms with Gasteiger partial charge in [0.05, 0.1) is 11.8 Å². The third-order valence-electron chi connectivity index (χ3n) is 1.85. The molecule has 3 nitrogen and oxygen atoms in total. The van der Waals surface area contributed by atoms with Gasteiger partial charge in [-0.2, -0.15) is 4.68 Å². The average molecular weight is 154 g/mol. The first-order valence-corrected chi connectivity index (χ1v) is 3.76. The molecular formula is C8H16N3+. The standard InChI is InChI=1S/C8H15N3/c1-8(2,3)6-5-10-11(4)7(6)9/h5H,1-4H3,(H2,9,10)/p+1. The normalized spacial score (nSPS) is 12.0. The van der Waals surface area contributed by atoms with Crippen molar-refractivity contribution in [2.45, 2.75) is 26.2 Å². The molecule has 1 rings (SSSR count). The topological polar surface area (TPSA) is 45.7 Å². The maximum atomic E-state index is 5.82. The quantitative estimate of drug-likeness (QED) is 0.531. The lowest BCUT2D eigenvalue weighted by atomic mass is 9.89.